The maximum absolute atomic E-state index is 11.7. The Labute approximate surface area is 122 Å². The van der Waals surface area contributed by atoms with Crippen LogP contribution in [-0.4, -0.2) is 24.3 Å². The molecule has 5 nitrogen and oxygen atoms in total. The van der Waals surface area contributed by atoms with Gasteiger partial charge < -0.3 is 9.84 Å². The molecule has 0 radical (unpaired) electrons. The normalized spacial score (nSPS) is 10.5. The first kappa shape index (κ1) is 14.6. The van der Waals surface area contributed by atoms with E-state index in [4.69, 9.17) is 4.74 Å². The van der Waals surface area contributed by atoms with E-state index in [1.54, 1.807) is 12.1 Å². The Hall–Kier alpha value is -2.82. The molecule has 0 saturated heterocycles. The minimum absolute atomic E-state index is 0.0374. The Bertz CT molecular complexity index is 639. The lowest BCUT2D eigenvalue weighted by Gasteiger charge is -2.03. The second kappa shape index (κ2) is 7.09. The number of carbonyl (C=O) groups excluding carboxylic acids is 1. The average molecular weight is 284 g/mol. The number of phenolic OH excluding ortho intramolecular Hbond substituents is 1. The molecule has 0 fully saturated rings. The fraction of sp³-hybridized carbons (Fsp3) is 0.125. The molecule has 0 unspecified atom stereocenters. The predicted molar refractivity (Wildman–Crippen MR) is 80.5 cm³/mol. The number of methoxy groups -OCH3 is 1. The fourth-order valence-electron chi connectivity index (χ4n) is 1.75. The zero-order valence-electron chi connectivity index (χ0n) is 11.6. The van der Waals surface area contributed by atoms with Crippen LogP contribution in [0.5, 0.6) is 11.5 Å². The third-order valence-corrected chi connectivity index (χ3v) is 2.84. The van der Waals surface area contributed by atoms with Crippen LogP contribution in [0.25, 0.3) is 0 Å². The predicted octanol–water partition coefficient (Wildman–Crippen LogP) is 2.09. The van der Waals surface area contributed by atoms with Crippen molar-refractivity contribution in [2.24, 2.45) is 5.10 Å². The molecule has 21 heavy (non-hydrogen) atoms. The van der Waals surface area contributed by atoms with Crippen LogP contribution in [0.3, 0.4) is 0 Å². The summed E-state index contributed by atoms with van der Waals surface area (Å²) < 4.78 is 4.98. The molecule has 0 bridgehead atoms. The number of nitrogens with one attached hydrogen (secondary N) is 1. The molecule has 0 saturated carbocycles. The van der Waals surface area contributed by atoms with Gasteiger partial charge in [-0.05, 0) is 17.7 Å². The minimum Gasteiger partial charge on any atom is -0.507 e. The number of nitrogens with zero attached hydrogens (tertiary/aromatic N) is 1. The van der Waals surface area contributed by atoms with Crippen molar-refractivity contribution in [3.8, 4) is 11.5 Å². The second-order valence-electron chi connectivity index (χ2n) is 4.38. The van der Waals surface area contributed by atoms with Crippen LogP contribution < -0.4 is 10.2 Å². The van der Waals surface area contributed by atoms with Gasteiger partial charge in [0.25, 0.3) is 0 Å². The first-order valence-electron chi connectivity index (χ1n) is 6.42. The van der Waals surface area contributed by atoms with E-state index in [9.17, 15) is 9.90 Å². The van der Waals surface area contributed by atoms with Gasteiger partial charge in [-0.25, -0.2) is 5.43 Å². The third kappa shape index (κ3) is 4.35. The van der Waals surface area contributed by atoms with Crippen molar-refractivity contribution < 1.29 is 14.6 Å². The molecule has 2 aromatic rings. The summed E-state index contributed by atoms with van der Waals surface area (Å²) in [5, 5.41) is 13.6. The standard InChI is InChI=1S/C16H16N2O3/c1-21-14-8-7-13(15(19)10-14)11-17-18-16(20)9-12-5-3-2-4-6-12/h2-8,10-11,19H,9H2,1H3,(H,18,20)/b17-11+. The summed E-state index contributed by atoms with van der Waals surface area (Å²) >= 11 is 0. The molecular weight excluding hydrogens is 268 g/mol. The number of benzene rings is 2. The zero-order chi connectivity index (χ0) is 15.1. The van der Waals surface area contributed by atoms with Crippen molar-refractivity contribution in [2.45, 2.75) is 6.42 Å². The number of hydrogen-bond donors (Lipinski definition) is 2. The highest BCUT2D eigenvalue weighted by Gasteiger charge is 2.02. The zero-order valence-corrected chi connectivity index (χ0v) is 11.6. The van der Waals surface area contributed by atoms with Crippen molar-refractivity contribution in [1.29, 1.82) is 0 Å². The molecule has 2 aromatic carbocycles. The van der Waals surface area contributed by atoms with Crippen LogP contribution in [0.15, 0.2) is 53.6 Å². The van der Waals surface area contributed by atoms with E-state index in [1.807, 2.05) is 30.3 Å². The van der Waals surface area contributed by atoms with Gasteiger partial charge in [0.1, 0.15) is 11.5 Å². The molecular formula is C16H16N2O3. The highest BCUT2D eigenvalue weighted by molar-refractivity contribution is 5.85. The number of carbonyl (C=O) groups is 1. The number of hydrogen-bond acceptors (Lipinski definition) is 4. The maximum Gasteiger partial charge on any atom is 0.244 e. The maximum atomic E-state index is 11.7. The van der Waals surface area contributed by atoms with Gasteiger partial charge in [-0.3, -0.25) is 4.79 Å². The quantitative estimate of drug-likeness (QED) is 0.652. The molecule has 0 atom stereocenters. The molecule has 108 valence electrons. The lowest BCUT2D eigenvalue weighted by molar-refractivity contribution is -0.120. The molecule has 0 heterocycles. The first-order valence-corrected chi connectivity index (χ1v) is 6.42. The van der Waals surface area contributed by atoms with Crippen LogP contribution in [0.2, 0.25) is 0 Å². The van der Waals surface area contributed by atoms with E-state index in [-0.39, 0.29) is 18.1 Å². The van der Waals surface area contributed by atoms with Crippen LogP contribution in [0.4, 0.5) is 0 Å². The van der Waals surface area contributed by atoms with E-state index in [0.29, 0.717) is 11.3 Å². The summed E-state index contributed by atoms with van der Waals surface area (Å²) in [6, 6.07) is 14.2. The molecule has 0 aliphatic heterocycles. The minimum atomic E-state index is -0.217. The van der Waals surface area contributed by atoms with E-state index < -0.39 is 0 Å². The Morgan fingerprint density at radius 2 is 2.05 bits per heavy atom. The molecule has 0 aliphatic carbocycles. The summed E-state index contributed by atoms with van der Waals surface area (Å²) in [7, 11) is 1.52. The summed E-state index contributed by atoms with van der Waals surface area (Å²) in [6.07, 6.45) is 1.64. The smallest absolute Gasteiger partial charge is 0.244 e. The fourth-order valence-corrected chi connectivity index (χ4v) is 1.75. The SMILES string of the molecule is COc1ccc(/C=N/NC(=O)Cc2ccccc2)c(O)c1. The summed E-state index contributed by atoms with van der Waals surface area (Å²) in [6.45, 7) is 0. The molecule has 0 aromatic heterocycles. The first-order chi connectivity index (χ1) is 10.2. The van der Waals surface area contributed by atoms with Gasteiger partial charge in [-0.15, -0.1) is 0 Å². The number of amides is 1. The summed E-state index contributed by atoms with van der Waals surface area (Å²) in [5.74, 6) is 0.374. The Morgan fingerprint density at radius 3 is 2.71 bits per heavy atom. The Morgan fingerprint density at radius 1 is 1.29 bits per heavy atom. The van der Waals surface area contributed by atoms with Crippen molar-refractivity contribution in [2.75, 3.05) is 7.11 Å². The van der Waals surface area contributed by atoms with E-state index in [0.717, 1.165) is 5.56 Å². The Balaban J connectivity index is 1.91. The van der Waals surface area contributed by atoms with Crippen molar-refractivity contribution >= 4 is 12.1 Å². The van der Waals surface area contributed by atoms with E-state index >= 15 is 0 Å². The number of rotatable bonds is 5. The van der Waals surface area contributed by atoms with E-state index in [1.165, 1.54) is 19.4 Å². The second-order valence-corrected chi connectivity index (χ2v) is 4.38. The monoisotopic (exact) mass is 284 g/mol. The van der Waals surface area contributed by atoms with Crippen LogP contribution in [0.1, 0.15) is 11.1 Å². The molecule has 2 rings (SSSR count). The van der Waals surface area contributed by atoms with Crippen molar-refractivity contribution in [3.05, 3.63) is 59.7 Å². The number of ether oxygens (including phenoxy) is 1. The molecule has 0 aliphatic rings. The van der Waals surface area contributed by atoms with Gasteiger partial charge in [-0.2, -0.15) is 5.10 Å². The van der Waals surface area contributed by atoms with Crippen LogP contribution in [-0.2, 0) is 11.2 Å². The molecule has 5 heteroatoms. The van der Waals surface area contributed by atoms with Gasteiger partial charge in [0, 0.05) is 11.6 Å². The van der Waals surface area contributed by atoms with Crippen LogP contribution >= 0.6 is 0 Å². The Kier molecular flexibility index (Phi) is 4.93. The number of phenols is 1. The number of aromatic hydroxyl groups is 1. The lowest BCUT2D eigenvalue weighted by atomic mass is 10.1. The topological polar surface area (TPSA) is 70.9 Å². The molecule has 2 N–H and O–H groups in total. The van der Waals surface area contributed by atoms with Gasteiger partial charge in [-0.1, -0.05) is 30.3 Å². The third-order valence-electron chi connectivity index (χ3n) is 2.84. The summed E-state index contributed by atoms with van der Waals surface area (Å²) in [4.78, 5) is 11.7. The highest BCUT2D eigenvalue weighted by Crippen LogP contribution is 2.21. The van der Waals surface area contributed by atoms with Gasteiger partial charge in [0.05, 0.1) is 19.7 Å². The highest BCUT2D eigenvalue weighted by atomic mass is 16.5. The molecule has 0 spiro atoms. The van der Waals surface area contributed by atoms with E-state index in [2.05, 4.69) is 10.5 Å². The molecule has 1 amide bonds. The van der Waals surface area contributed by atoms with Crippen LogP contribution in [0, 0.1) is 0 Å². The van der Waals surface area contributed by atoms with Gasteiger partial charge in [0.2, 0.25) is 5.91 Å². The van der Waals surface area contributed by atoms with Crippen molar-refractivity contribution in [3.63, 3.8) is 0 Å². The number of hydrazone groups is 1. The largest absolute Gasteiger partial charge is 0.507 e. The lowest BCUT2D eigenvalue weighted by Crippen LogP contribution is -2.19. The van der Waals surface area contributed by atoms with Crippen molar-refractivity contribution in [1.82, 2.24) is 5.43 Å². The van der Waals surface area contributed by atoms with Gasteiger partial charge >= 0.3 is 0 Å². The summed E-state index contributed by atoms with van der Waals surface area (Å²) in [5.41, 5.74) is 3.83. The average Bonchev–Trinajstić information content (AvgIpc) is 2.50. The van der Waals surface area contributed by atoms with Gasteiger partial charge in [0.15, 0.2) is 0 Å².